The van der Waals surface area contributed by atoms with Crippen molar-refractivity contribution in [2.75, 3.05) is 6.61 Å². The summed E-state index contributed by atoms with van der Waals surface area (Å²) in [4.78, 5) is 12.7. The summed E-state index contributed by atoms with van der Waals surface area (Å²) >= 11 is 12.0. The Labute approximate surface area is 244 Å². The van der Waals surface area contributed by atoms with Crippen molar-refractivity contribution in [3.63, 3.8) is 0 Å². The first kappa shape index (κ1) is 32.2. The van der Waals surface area contributed by atoms with Crippen molar-refractivity contribution in [3.05, 3.63) is 63.9 Å². The first-order valence-corrected chi connectivity index (χ1v) is 12.4. The molecular weight excluding hydrogens is 649 g/mol. The lowest BCUT2D eigenvalue weighted by Gasteiger charge is -2.31. The van der Waals surface area contributed by atoms with Gasteiger partial charge in [0.1, 0.15) is 17.0 Å². The molecule has 1 N–H and O–H groups in total. The van der Waals surface area contributed by atoms with E-state index in [1.165, 1.54) is 18.2 Å². The lowest BCUT2D eigenvalue weighted by atomic mass is 9.93. The van der Waals surface area contributed by atoms with Crippen LogP contribution in [0, 0.1) is 11.3 Å². The smallest absolute Gasteiger partial charge is 0.435 e. The van der Waals surface area contributed by atoms with Crippen molar-refractivity contribution >= 4 is 29.1 Å². The number of hydrogen-bond acceptors (Lipinski definition) is 4. The van der Waals surface area contributed by atoms with Crippen LogP contribution in [0.2, 0.25) is 10.0 Å². The van der Waals surface area contributed by atoms with Gasteiger partial charge in [0.05, 0.1) is 27.9 Å². The highest BCUT2D eigenvalue weighted by atomic mass is 35.5. The lowest BCUT2D eigenvalue weighted by Crippen LogP contribution is -2.50. The third kappa shape index (κ3) is 6.32. The molecule has 1 aliphatic rings. The highest BCUT2D eigenvalue weighted by molar-refractivity contribution is 6.34. The number of alkyl halides is 10. The standard InChI is InChI=1S/C25H14Cl2F10N4O2/c26-16-2-1-12(5-15(16)20(42)40-21(10-38)3-4-21)13-8-39-41(9-13)19-17(27)6-14(7-18(19)43-11-22(28,29)30)23(31,24(32,33)34)25(35,36)37/h1-2,5-9H,3-4,11H2,(H,40,42). The number of nitriles is 1. The molecule has 43 heavy (non-hydrogen) atoms. The van der Waals surface area contributed by atoms with E-state index in [-0.39, 0.29) is 33.8 Å². The quantitative estimate of drug-likeness (QED) is 0.261. The number of amides is 1. The summed E-state index contributed by atoms with van der Waals surface area (Å²) < 4.78 is 139. The van der Waals surface area contributed by atoms with Gasteiger partial charge in [-0.1, -0.05) is 29.3 Å². The topological polar surface area (TPSA) is 79.9 Å². The second kappa shape index (κ2) is 10.8. The second-order valence-electron chi connectivity index (χ2n) is 9.38. The van der Waals surface area contributed by atoms with Crippen LogP contribution in [-0.4, -0.2) is 46.4 Å². The largest absolute Gasteiger partial charge is 0.482 e. The maximum absolute atomic E-state index is 14.7. The molecule has 1 amide bonds. The predicted octanol–water partition coefficient (Wildman–Crippen LogP) is 7.86. The van der Waals surface area contributed by atoms with E-state index in [1.807, 2.05) is 6.07 Å². The van der Waals surface area contributed by atoms with Crippen LogP contribution in [0.3, 0.4) is 0 Å². The highest BCUT2D eigenvalue weighted by Crippen LogP contribution is 2.54. The minimum Gasteiger partial charge on any atom is -0.482 e. The molecule has 0 radical (unpaired) electrons. The van der Waals surface area contributed by atoms with E-state index in [2.05, 4.69) is 15.2 Å². The van der Waals surface area contributed by atoms with Crippen LogP contribution in [0.15, 0.2) is 42.7 Å². The summed E-state index contributed by atoms with van der Waals surface area (Å²) in [7, 11) is 0. The van der Waals surface area contributed by atoms with Gasteiger partial charge < -0.3 is 10.1 Å². The molecule has 0 atom stereocenters. The molecule has 0 bridgehead atoms. The molecule has 18 heteroatoms. The average molecular weight is 663 g/mol. The zero-order valence-electron chi connectivity index (χ0n) is 20.9. The van der Waals surface area contributed by atoms with Gasteiger partial charge in [0.15, 0.2) is 6.61 Å². The van der Waals surface area contributed by atoms with Crippen LogP contribution < -0.4 is 10.1 Å². The Hall–Kier alpha value is -3.71. The van der Waals surface area contributed by atoms with E-state index in [1.54, 1.807) is 0 Å². The van der Waals surface area contributed by atoms with Gasteiger partial charge in [-0.3, -0.25) is 4.79 Å². The van der Waals surface area contributed by atoms with Crippen molar-refractivity contribution < 1.29 is 53.4 Å². The molecular formula is C25H14Cl2F10N4O2. The number of halogens is 12. The number of benzene rings is 2. The van der Waals surface area contributed by atoms with Crippen LogP contribution in [-0.2, 0) is 5.67 Å². The summed E-state index contributed by atoms with van der Waals surface area (Å²) in [5.41, 5.74) is -9.69. The molecule has 230 valence electrons. The minimum absolute atomic E-state index is 0.00659. The van der Waals surface area contributed by atoms with Gasteiger partial charge in [0, 0.05) is 17.3 Å². The lowest BCUT2D eigenvalue weighted by molar-refractivity contribution is -0.348. The number of carbonyl (C=O) groups excluding carboxylic acids is 1. The molecule has 1 fully saturated rings. The first-order valence-electron chi connectivity index (χ1n) is 11.7. The Balaban J connectivity index is 1.79. The van der Waals surface area contributed by atoms with Crippen molar-refractivity contribution in [1.29, 1.82) is 5.26 Å². The predicted molar refractivity (Wildman–Crippen MR) is 131 cm³/mol. The highest BCUT2D eigenvalue weighted by Gasteiger charge is 2.73. The number of aromatic nitrogens is 2. The van der Waals surface area contributed by atoms with Gasteiger partial charge in [-0.05, 0) is 42.7 Å². The Bertz CT molecular complexity index is 1590. The van der Waals surface area contributed by atoms with E-state index in [0.29, 0.717) is 17.5 Å². The molecule has 0 spiro atoms. The van der Waals surface area contributed by atoms with Gasteiger partial charge in [0.25, 0.3) is 5.91 Å². The number of ether oxygens (including phenoxy) is 1. The minimum atomic E-state index is -6.58. The fourth-order valence-electron chi connectivity index (χ4n) is 3.90. The number of nitrogens with one attached hydrogen (secondary N) is 1. The summed E-state index contributed by atoms with van der Waals surface area (Å²) in [5.74, 6) is -1.99. The fourth-order valence-corrected chi connectivity index (χ4v) is 4.40. The maximum atomic E-state index is 14.7. The molecule has 1 heterocycles. The average Bonchev–Trinajstić information content (AvgIpc) is 3.49. The van der Waals surface area contributed by atoms with Crippen LogP contribution in [0.25, 0.3) is 16.8 Å². The molecule has 2 aromatic carbocycles. The molecule has 1 aromatic heterocycles. The summed E-state index contributed by atoms with van der Waals surface area (Å²) in [5, 5.41) is 14.5. The third-order valence-corrected chi connectivity index (χ3v) is 6.89. The van der Waals surface area contributed by atoms with E-state index >= 15 is 0 Å². The van der Waals surface area contributed by atoms with Gasteiger partial charge in [-0.2, -0.15) is 49.9 Å². The van der Waals surface area contributed by atoms with Crippen LogP contribution in [0.1, 0.15) is 28.8 Å². The third-order valence-electron chi connectivity index (χ3n) is 6.27. The van der Waals surface area contributed by atoms with E-state index in [9.17, 15) is 54.0 Å². The Morgan fingerprint density at radius 1 is 0.977 bits per heavy atom. The summed E-state index contributed by atoms with van der Waals surface area (Å²) in [6, 6.07) is 5.71. The van der Waals surface area contributed by atoms with E-state index in [4.69, 9.17) is 23.2 Å². The Morgan fingerprint density at radius 3 is 2.14 bits per heavy atom. The zero-order valence-corrected chi connectivity index (χ0v) is 22.4. The number of carbonyl (C=O) groups is 1. The summed E-state index contributed by atoms with van der Waals surface area (Å²) in [6.45, 7) is -2.19. The van der Waals surface area contributed by atoms with E-state index < -0.39 is 64.3 Å². The second-order valence-corrected chi connectivity index (χ2v) is 10.2. The van der Waals surface area contributed by atoms with Crippen LogP contribution in [0.5, 0.6) is 5.75 Å². The molecule has 0 saturated heterocycles. The molecule has 0 unspecified atom stereocenters. The molecule has 4 rings (SSSR count). The molecule has 3 aromatic rings. The van der Waals surface area contributed by atoms with E-state index in [0.717, 1.165) is 12.4 Å². The SMILES string of the molecule is N#CC1(NC(=O)c2cc(-c3cnn(-c4c(Cl)cc(C(F)(C(F)(F)F)C(F)(F)F)cc4OCC(F)(F)F)c3)ccc2Cl)CC1. The zero-order chi connectivity index (χ0) is 32.2. The van der Waals surface area contributed by atoms with Crippen molar-refractivity contribution in [2.45, 2.75) is 42.6 Å². The molecule has 0 aliphatic heterocycles. The van der Waals surface area contributed by atoms with Gasteiger partial charge in [-0.25, -0.2) is 9.07 Å². The fraction of sp³-hybridized carbons (Fsp3) is 0.320. The number of hydrogen-bond donors (Lipinski definition) is 1. The van der Waals surface area contributed by atoms with Crippen LogP contribution >= 0.6 is 23.2 Å². The molecule has 1 aliphatic carbocycles. The van der Waals surface area contributed by atoms with Gasteiger partial charge in [-0.15, -0.1) is 0 Å². The van der Waals surface area contributed by atoms with Crippen molar-refractivity contribution in [1.82, 2.24) is 15.1 Å². The first-order chi connectivity index (χ1) is 19.7. The Morgan fingerprint density at radius 2 is 1.60 bits per heavy atom. The normalized spacial score (nSPS) is 15.1. The van der Waals surface area contributed by atoms with Crippen molar-refractivity contribution in [2.24, 2.45) is 0 Å². The van der Waals surface area contributed by atoms with Crippen LogP contribution in [0.4, 0.5) is 43.9 Å². The van der Waals surface area contributed by atoms with Crippen molar-refractivity contribution in [3.8, 4) is 28.6 Å². The molecule has 1 saturated carbocycles. The number of rotatable bonds is 7. The maximum Gasteiger partial charge on any atom is 0.435 e. The monoisotopic (exact) mass is 662 g/mol. The number of nitrogens with zero attached hydrogens (tertiary/aromatic N) is 3. The van der Waals surface area contributed by atoms with Gasteiger partial charge in [0.2, 0.25) is 0 Å². The molecule has 6 nitrogen and oxygen atoms in total. The Kier molecular flexibility index (Phi) is 8.07. The summed E-state index contributed by atoms with van der Waals surface area (Å²) in [6.07, 6.45) is -15.3. The van der Waals surface area contributed by atoms with Gasteiger partial charge >= 0.3 is 24.2 Å².